The average Bonchev–Trinajstić information content (AvgIpc) is 3.03. The van der Waals surface area contributed by atoms with Gasteiger partial charge in [-0.1, -0.05) is 25.4 Å². The molecule has 2 aromatic rings. The highest BCUT2D eigenvalue weighted by molar-refractivity contribution is 7.93. The highest BCUT2D eigenvalue weighted by Gasteiger charge is 2.25. The number of ether oxygens (including phenoxy) is 2. The van der Waals surface area contributed by atoms with Crippen molar-refractivity contribution in [2.24, 2.45) is 5.92 Å². The number of halogens is 1. The van der Waals surface area contributed by atoms with Crippen LogP contribution in [0.1, 0.15) is 23.5 Å². The number of methoxy groups -OCH3 is 1. The molecular formula is C16H18ClNO5S2. The van der Waals surface area contributed by atoms with E-state index in [2.05, 4.69) is 9.46 Å². The largest absolute Gasteiger partial charge is 0.492 e. The number of carbonyl (C=O) groups excluding carboxylic acids is 1. The first-order valence-corrected chi connectivity index (χ1v) is 10.1. The quantitative estimate of drug-likeness (QED) is 0.706. The first kappa shape index (κ1) is 19.6. The Morgan fingerprint density at radius 2 is 2.04 bits per heavy atom. The van der Waals surface area contributed by atoms with E-state index >= 15 is 0 Å². The topological polar surface area (TPSA) is 81.7 Å². The Balaban J connectivity index is 2.23. The number of hydrogen-bond acceptors (Lipinski definition) is 6. The van der Waals surface area contributed by atoms with Crippen molar-refractivity contribution in [2.75, 3.05) is 18.4 Å². The molecule has 0 radical (unpaired) electrons. The molecule has 25 heavy (non-hydrogen) atoms. The van der Waals surface area contributed by atoms with Crippen molar-refractivity contribution in [2.45, 2.75) is 18.7 Å². The fourth-order valence-corrected chi connectivity index (χ4v) is 4.52. The number of carbonyl (C=O) groups is 1. The van der Waals surface area contributed by atoms with E-state index in [-0.39, 0.29) is 15.5 Å². The number of rotatable bonds is 7. The second kappa shape index (κ2) is 8.07. The summed E-state index contributed by atoms with van der Waals surface area (Å²) in [6, 6.07) is 5.95. The fraction of sp³-hybridized carbons (Fsp3) is 0.312. The molecule has 0 aliphatic heterocycles. The molecule has 136 valence electrons. The van der Waals surface area contributed by atoms with E-state index in [9.17, 15) is 13.2 Å². The van der Waals surface area contributed by atoms with Gasteiger partial charge in [0.15, 0.2) is 0 Å². The molecule has 0 atom stereocenters. The molecule has 1 aromatic carbocycles. The third-order valence-corrected chi connectivity index (χ3v) is 5.79. The molecular weight excluding hydrogens is 386 g/mol. The summed E-state index contributed by atoms with van der Waals surface area (Å²) in [6.07, 6.45) is 0. The maximum Gasteiger partial charge on any atom is 0.349 e. The second-order valence-corrected chi connectivity index (χ2v) is 8.54. The molecule has 0 aliphatic rings. The molecule has 0 aliphatic carbocycles. The summed E-state index contributed by atoms with van der Waals surface area (Å²) in [5.41, 5.74) is 0.268. The first-order chi connectivity index (χ1) is 11.7. The Morgan fingerprint density at radius 3 is 2.64 bits per heavy atom. The van der Waals surface area contributed by atoms with Gasteiger partial charge in [-0.05, 0) is 35.6 Å². The molecule has 0 unspecified atom stereocenters. The zero-order valence-electron chi connectivity index (χ0n) is 13.9. The van der Waals surface area contributed by atoms with Crippen LogP contribution in [-0.4, -0.2) is 28.1 Å². The summed E-state index contributed by atoms with van der Waals surface area (Å²) in [4.78, 5) is 11.6. The van der Waals surface area contributed by atoms with E-state index < -0.39 is 16.0 Å². The summed E-state index contributed by atoms with van der Waals surface area (Å²) in [6.45, 7) is 4.52. The molecule has 2 rings (SSSR count). The Morgan fingerprint density at radius 1 is 1.32 bits per heavy atom. The lowest BCUT2D eigenvalue weighted by Crippen LogP contribution is -2.15. The Bertz CT molecular complexity index is 861. The summed E-state index contributed by atoms with van der Waals surface area (Å²) >= 11 is 7.13. The standard InChI is InChI=1S/C16H18ClNO5S2/c1-10(2)9-23-13-5-4-11(8-12(13)17)18-25(20,21)14-6-7-24-15(14)16(19)22-3/h4-8,10,18H,9H2,1-3H3. The highest BCUT2D eigenvalue weighted by Crippen LogP contribution is 2.30. The van der Waals surface area contributed by atoms with Crippen LogP contribution >= 0.6 is 22.9 Å². The van der Waals surface area contributed by atoms with Crippen LogP contribution in [0.5, 0.6) is 5.75 Å². The zero-order valence-corrected chi connectivity index (χ0v) is 16.3. The minimum Gasteiger partial charge on any atom is -0.492 e. The van der Waals surface area contributed by atoms with Crippen LogP contribution in [0.3, 0.4) is 0 Å². The Labute approximate surface area is 155 Å². The molecule has 0 spiro atoms. The molecule has 0 fully saturated rings. The summed E-state index contributed by atoms with van der Waals surface area (Å²) in [5.74, 6) is 0.111. The van der Waals surface area contributed by atoms with Gasteiger partial charge in [0.2, 0.25) is 0 Å². The van der Waals surface area contributed by atoms with Crippen LogP contribution in [-0.2, 0) is 14.8 Å². The van der Waals surface area contributed by atoms with Crippen LogP contribution in [0.2, 0.25) is 5.02 Å². The van der Waals surface area contributed by atoms with E-state index in [1.807, 2.05) is 13.8 Å². The maximum absolute atomic E-state index is 12.5. The third-order valence-electron chi connectivity index (χ3n) is 3.05. The van der Waals surface area contributed by atoms with Gasteiger partial charge in [0.25, 0.3) is 10.0 Å². The van der Waals surface area contributed by atoms with Crippen LogP contribution in [0.25, 0.3) is 0 Å². The van der Waals surface area contributed by atoms with E-state index in [0.29, 0.717) is 23.3 Å². The van der Waals surface area contributed by atoms with E-state index in [4.69, 9.17) is 16.3 Å². The number of hydrogen-bond donors (Lipinski definition) is 1. The van der Waals surface area contributed by atoms with Gasteiger partial charge in [-0.15, -0.1) is 11.3 Å². The van der Waals surface area contributed by atoms with Crippen molar-refractivity contribution in [3.63, 3.8) is 0 Å². The number of sulfonamides is 1. The molecule has 0 bridgehead atoms. The van der Waals surface area contributed by atoms with Crippen molar-refractivity contribution in [3.8, 4) is 5.75 Å². The lowest BCUT2D eigenvalue weighted by molar-refractivity contribution is 0.0602. The summed E-state index contributed by atoms with van der Waals surface area (Å²) in [5, 5.41) is 1.80. The normalized spacial score (nSPS) is 11.4. The van der Waals surface area contributed by atoms with Gasteiger partial charge in [-0.25, -0.2) is 13.2 Å². The second-order valence-electron chi connectivity index (χ2n) is 5.56. The van der Waals surface area contributed by atoms with Crippen molar-refractivity contribution >= 4 is 44.6 Å². The lowest BCUT2D eigenvalue weighted by atomic mass is 10.2. The van der Waals surface area contributed by atoms with Crippen molar-refractivity contribution in [3.05, 3.63) is 39.5 Å². The number of esters is 1. The van der Waals surface area contributed by atoms with E-state index in [1.54, 1.807) is 12.1 Å². The van der Waals surface area contributed by atoms with Gasteiger partial charge in [-0.2, -0.15) is 0 Å². The Kier molecular flexibility index (Phi) is 6.31. The third kappa shape index (κ3) is 4.87. The monoisotopic (exact) mass is 403 g/mol. The van der Waals surface area contributed by atoms with Crippen LogP contribution < -0.4 is 9.46 Å². The van der Waals surface area contributed by atoms with E-state index in [0.717, 1.165) is 11.3 Å². The smallest absolute Gasteiger partial charge is 0.349 e. The minimum absolute atomic E-state index is 0.0120. The van der Waals surface area contributed by atoms with Crippen molar-refractivity contribution in [1.29, 1.82) is 0 Å². The van der Waals surface area contributed by atoms with Gasteiger partial charge in [0.05, 0.1) is 24.4 Å². The molecule has 1 aromatic heterocycles. The number of nitrogens with one attached hydrogen (secondary N) is 1. The number of anilines is 1. The van der Waals surface area contributed by atoms with Gasteiger partial charge in [0.1, 0.15) is 15.5 Å². The van der Waals surface area contributed by atoms with Gasteiger partial charge >= 0.3 is 5.97 Å². The van der Waals surface area contributed by atoms with Crippen LogP contribution in [0, 0.1) is 5.92 Å². The molecule has 1 N–H and O–H groups in total. The average molecular weight is 404 g/mol. The zero-order chi connectivity index (χ0) is 18.6. The maximum atomic E-state index is 12.5. The number of thiophene rings is 1. The van der Waals surface area contributed by atoms with Gasteiger partial charge < -0.3 is 9.47 Å². The summed E-state index contributed by atoms with van der Waals surface area (Å²) < 4.78 is 37.6. The predicted octanol–water partition coefficient (Wildman–Crippen LogP) is 4.02. The fourth-order valence-electron chi connectivity index (χ4n) is 1.90. The van der Waals surface area contributed by atoms with Gasteiger partial charge in [-0.3, -0.25) is 4.72 Å². The SMILES string of the molecule is COC(=O)c1sccc1S(=O)(=O)Nc1ccc(OCC(C)C)c(Cl)c1. The lowest BCUT2D eigenvalue weighted by Gasteiger charge is -2.12. The molecule has 0 saturated carbocycles. The molecule has 9 heteroatoms. The van der Waals surface area contributed by atoms with Gasteiger partial charge in [0, 0.05) is 0 Å². The predicted molar refractivity (Wildman–Crippen MR) is 98.3 cm³/mol. The molecule has 1 heterocycles. The van der Waals surface area contributed by atoms with Crippen LogP contribution in [0.15, 0.2) is 34.5 Å². The highest BCUT2D eigenvalue weighted by atomic mass is 35.5. The summed E-state index contributed by atoms with van der Waals surface area (Å²) in [7, 11) is -2.75. The van der Waals surface area contributed by atoms with E-state index in [1.165, 1.54) is 24.6 Å². The van der Waals surface area contributed by atoms with Crippen LogP contribution in [0.4, 0.5) is 5.69 Å². The number of benzene rings is 1. The molecule has 0 amide bonds. The minimum atomic E-state index is -3.95. The Hall–Kier alpha value is -1.77. The van der Waals surface area contributed by atoms with Crippen molar-refractivity contribution < 1.29 is 22.7 Å². The first-order valence-electron chi connectivity index (χ1n) is 7.35. The molecule has 0 saturated heterocycles. The molecule has 6 nitrogen and oxygen atoms in total. The van der Waals surface area contributed by atoms with Crippen molar-refractivity contribution in [1.82, 2.24) is 0 Å².